The molecule has 13 heavy (non-hydrogen) atoms. The summed E-state index contributed by atoms with van der Waals surface area (Å²) < 4.78 is 4.69. The van der Waals surface area contributed by atoms with E-state index in [9.17, 15) is 10.1 Å². The van der Waals surface area contributed by atoms with E-state index >= 15 is 0 Å². The molecule has 0 aliphatic rings. The van der Waals surface area contributed by atoms with Gasteiger partial charge in [0.05, 0.1) is 11.5 Å². The van der Waals surface area contributed by atoms with Crippen LogP contribution in [-0.2, 0) is 4.74 Å². The van der Waals surface area contributed by atoms with E-state index in [1.165, 1.54) is 13.2 Å². The summed E-state index contributed by atoms with van der Waals surface area (Å²) in [6.45, 7) is 2.05. The van der Waals surface area contributed by atoms with E-state index in [4.69, 9.17) is 5.73 Å². The predicted octanol–water partition coefficient (Wildman–Crippen LogP) is 1.05. The molecule has 0 saturated carbocycles. The van der Waals surface area contributed by atoms with Crippen LogP contribution in [0, 0.1) is 10.1 Å². The van der Waals surface area contributed by atoms with Gasteiger partial charge in [0.25, 0.3) is 5.70 Å². The zero-order chi connectivity index (χ0) is 10.3. The SMILES string of the molecule is CC/C=C(N)\C(=C/COC)[N+](=O)[O-]. The van der Waals surface area contributed by atoms with Crippen LogP contribution in [0.4, 0.5) is 0 Å². The van der Waals surface area contributed by atoms with Crippen molar-refractivity contribution >= 4 is 0 Å². The minimum absolute atomic E-state index is 0.0938. The van der Waals surface area contributed by atoms with Gasteiger partial charge in [-0.05, 0) is 6.42 Å². The highest BCUT2D eigenvalue weighted by Gasteiger charge is 2.12. The second kappa shape index (κ2) is 6.19. The number of nitrogens with two attached hydrogens (primary N) is 1. The van der Waals surface area contributed by atoms with Crippen molar-refractivity contribution in [3.63, 3.8) is 0 Å². The van der Waals surface area contributed by atoms with E-state index in [0.29, 0.717) is 6.42 Å². The largest absolute Gasteiger partial charge is 0.393 e. The summed E-state index contributed by atoms with van der Waals surface area (Å²) in [6, 6.07) is 0. The molecule has 74 valence electrons. The molecule has 2 N–H and O–H groups in total. The maximum absolute atomic E-state index is 10.5. The Morgan fingerprint density at radius 1 is 1.62 bits per heavy atom. The van der Waals surface area contributed by atoms with Crippen molar-refractivity contribution in [1.82, 2.24) is 0 Å². The number of methoxy groups -OCH3 is 1. The van der Waals surface area contributed by atoms with Crippen LogP contribution in [0.25, 0.3) is 0 Å². The van der Waals surface area contributed by atoms with Gasteiger partial charge >= 0.3 is 0 Å². The van der Waals surface area contributed by atoms with Crippen LogP contribution >= 0.6 is 0 Å². The maximum Gasteiger partial charge on any atom is 0.290 e. The summed E-state index contributed by atoms with van der Waals surface area (Å²) in [4.78, 5) is 9.97. The van der Waals surface area contributed by atoms with Gasteiger partial charge in [-0.25, -0.2) is 0 Å². The summed E-state index contributed by atoms with van der Waals surface area (Å²) in [5.74, 6) is 0. The lowest BCUT2D eigenvalue weighted by atomic mass is 10.2. The molecule has 0 bridgehead atoms. The molecule has 0 aromatic heterocycles. The van der Waals surface area contributed by atoms with Crippen LogP contribution < -0.4 is 5.73 Å². The molecule has 0 aliphatic heterocycles. The Morgan fingerprint density at radius 2 is 2.23 bits per heavy atom. The number of allylic oxidation sites excluding steroid dienone is 1. The van der Waals surface area contributed by atoms with E-state index in [-0.39, 0.29) is 18.0 Å². The van der Waals surface area contributed by atoms with Gasteiger partial charge in [0.2, 0.25) is 0 Å². The third kappa shape index (κ3) is 4.27. The van der Waals surface area contributed by atoms with Crippen molar-refractivity contribution in [1.29, 1.82) is 0 Å². The van der Waals surface area contributed by atoms with Gasteiger partial charge in [-0.3, -0.25) is 10.1 Å². The second-order valence-corrected chi connectivity index (χ2v) is 2.37. The van der Waals surface area contributed by atoms with Crippen LogP contribution in [0.1, 0.15) is 13.3 Å². The van der Waals surface area contributed by atoms with Crippen molar-refractivity contribution in [2.75, 3.05) is 13.7 Å². The summed E-state index contributed by atoms with van der Waals surface area (Å²) in [5.41, 5.74) is 5.56. The Hall–Kier alpha value is -1.36. The fourth-order valence-electron chi connectivity index (χ4n) is 0.785. The number of ether oxygens (including phenoxy) is 1. The smallest absolute Gasteiger partial charge is 0.290 e. The fourth-order valence-corrected chi connectivity index (χ4v) is 0.785. The lowest BCUT2D eigenvalue weighted by Gasteiger charge is -1.97. The number of nitrogens with zero attached hydrogens (tertiary/aromatic N) is 1. The zero-order valence-electron chi connectivity index (χ0n) is 7.82. The molecule has 0 fully saturated rings. The summed E-state index contributed by atoms with van der Waals surface area (Å²) in [7, 11) is 1.47. The van der Waals surface area contributed by atoms with E-state index in [1.54, 1.807) is 6.08 Å². The quantitative estimate of drug-likeness (QED) is 0.395. The van der Waals surface area contributed by atoms with Crippen LogP contribution in [0.15, 0.2) is 23.5 Å². The van der Waals surface area contributed by atoms with E-state index in [1.807, 2.05) is 6.92 Å². The molecule has 0 unspecified atom stereocenters. The minimum Gasteiger partial charge on any atom is -0.393 e. The van der Waals surface area contributed by atoms with Gasteiger partial charge in [0.15, 0.2) is 0 Å². The molecule has 0 rings (SSSR count). The number of rotatable bonds is 5. The minimum atomic E-state index is -0.513. The summed E-state index contributed by atoms with van der Waals surface area (Å²) >= 11 is 0. The molecule has 0 aliphatic carbocycles. The molecule has 0 amide bonds. The molecule has 0 radical (unpaired) electrons. The Morgan fingerprint density at radius 3 is 2.62 bits per heavy atom. The van der Waals surface area contributed by atoms with E-state index in [2.05, 4.69) is 4.74 Å². The van der Waals surface area contributed by atoms with Crippen molar-refractivity contribution in [3.05, 3.63) is 33.7 Å². The predicted molar refractivity (Wildman–Crippen MR) is 49.5 cm³/mol. The van der Waals surface area contributed by atoms with Crippen molar-refractivity contribution in [2.24, 2.45) is 5.73 Å². The van der Waals surface area contributed by atoms with E-state index in [0.717, 1.165) is 0 Å². The topological polar surface area (TPSA) is 78.4 Å². The first-order chi connectivity index (χ1) is 6.13. The first-order valence-electron chi connectivity index (χ1n) is 3.93. The fraction of sp³-hybridized carbons (Fsp3) is 0.500. The second-order valence-electron chi connectivity index (χ2n) is 2.37. The van der Waals surface area contributed by atoms with Crippen molar-refractivity contribution in [3.8, 4) is 0 Å². The van der Waals surface area contributed by atoms with Gasteiger partial charge in [-0.2, -0.15) is 0 Å². The normalized spacial score (nSPS) is 13.1. The van der Waals surface area contributed by atoms with Gasteiger partial charge in [0.1, 0.15) is 5.70 Å². The van der Waals surface area contributed by atoms with Crippen LogP contribution in [0.2, 0.25) is 0 Å². The van der Waals surface area contributed by atoms with Gasteiger partial charge < -0.3 is 10.5 Å². The standard InChI is InChI=1S/C8H14N2O3/c1-3-4-7(9)8(10(11)12)5-6-13-2/h4-5H,3,6,9H2,1-2H3/b7-4+,8-5+. The molecular weight excluding hydrogens is 172 g/mol. The average Bonchev–Trinajstić information content (AvgIpc) is 2.05. The van der Waals surface area contributed by atoms with Gasteiger partial charge in [0, 0.05) is 13.2 Å². The highest BCUT2D eigenvalue weighted by molar-refractivity contribution is 5.21. The molecule has 0 aromatic carbocycles. The number of hydrogen-bond donors (Lipinski definition) is 1. The Labute approximate surface area is 77.0 Å². The van der Waals surface area contributed by atoms with Crippen molar-refractivity contribution < 1.29 is 9.66 Å². The summed E-state index contributed by atoms with van der Waals surface area (Å²) in [5, 5.41) is 10.5. The molecule has 0 aromatic rings. The summed E-state index contributed by atoms with van der Waals surface area (Å²) in [6.07, 6.45) is 3.62. The molecule has 0 saturated heterocycles. The van der Waals surface area contributed by atoms with Crippen molar-refractivity contribution in [2.45, 2.75) is 13.3 Å². The molecule has 0 heterocycles. The Balaban J connectivity index is 4.60. The van der Waals surface area contributed by atoms with Gasteiger partial charge in [-0.15, -0.1) is 0 Å². The lowest BCUT2D eigenvalue weighted by molar-refractivity contribution is -0.421. The molecule has 0 atom stereocenters. The monoisotopic (exact) mass is 186 g/mol. The third-order valence-electron chi connectivity index (χ3n) is 1.36. The Bertz CT molecular complexity index is 234. The highest BCUT2D eigenvalue weighted by atomic mass is 16.6. The van der Waals surface area contributed by atoms with Crippen LogP contribution in [0.3, 0.4) is 0 Å². The Kier molecular flexibility index (Phi) is 5.54. The first kappa shape index (κ1) is 11.6. The maximum atomic E-state index is 10.5. The molecule has 5 nitrogen and oxygen atoms in total. The first-order valence-corrected chi connectivity index (χ1v) is 3.93. The van der Waals surface area contributed by atoms with E-state index < -0.39 is 4.92 Å². The third-order valence-corrected chi connectivity index (χ3v) is 1.36. The molecular formula is C8H14N2O3. The number of hydrogen-bond acceptors (Lipinski definition) is 4. The highest BCUT2D eigenvalue weighted by Crippen LogP contribution is 2.05. The molecule has 5 heteroatoms. The van der Waals surface area contributed by atoms with Gasteiger partial charge in [-0.1, -0.05) is 13.0 Å². The lowest BCUT2D eigenvalue weighted by Crippen LogP contribution is -2.10. The average molecular weight is 186 g/mol. The van der Waals surface area contributed by atoms with Crippen LogP contribution in [-0.4, -0.2) is 18.6 Å². The number of nitro groups is 1. The van der Waals surface area contributed by atoms with Crippen LogP contribution in [0.5, 0.6) is 0 Å². The molecule has 0 spiro atoms. The zero-order valence-corrected chi connectivity index (χ0v) is 7.82.